The molecule has 1 rings (SSSR count). The first kappa shape index (κ1) is 11.5. The molecule has 3 atom stereocenters. The number of likely N-dealkylation sites (N-methyl/N-ethyl adjacent to an activating group) is 1. The van der Waals surface area contributed by atoms with Gasteiger partial charge in [0, 0.05) is 12.6 Å². The van der Waals surface area contributed by atoms with E-state index in [0.29, 0.717) is 25.4 Å². The minimum absolute atomic E-state index is 0.360. The van der Waals surface area contributed by atoms with E-state index in [9.17, 15) is 5.11 Å². The lowest BCUT2D eigenvalue weighted by molar-refractivity contribution is -0.0379. The maximum atomic E-state index is 10.5. The Hall–Kier alpha value is -0.590. The molecule has 1 N–H and O–H groups in total. The summed E-state index contributed by atoms with van der Waals surface area (Å²) in [5, 5.41) is 19.6. The van der Waals surface area contributed by atoms with Crippen LogP contribution in [0.5, 0.6) is 0 Å². The van der Waals surface area contributed by atoms with Crippen LogP contribution >= 0.6 is 0 Å². The predicted molar refractivity (Wildman–Crippen MR) is 55.7 cm³/mol. The largest absolute Gasteiger partial charge is 0.387 e. The van der Waals surface area contributed by atoms with Gasteiger partial charge in [-0.3, -0.25) is 0 Å². The molecule has 1 saturated heterocycles. The summed E-state index contributed by atoms with van der Waals surface area (Å²) >= 11 is 0. The summed E-state index contributed by atoms with van der Waals surface area (Å²) in [6.07, 6.45) is 1.39. The average molecular weight is 196 g/mol. The van der Waals surface area contributed by atoms with Crippen molar-refractivity contribution in [2.45, 2.75) is 45.3 Å². The SMILES string of the molecule is CCC(C)(C#N)C1(O)CC(C)N(C)C1. The van der Waals surface area contributed by atoms with E-state index in [1.54, 1.807) is 0 Å². The second-order valence-corrected chi connectivity index (χ2v) is 4.80. The van der Waals surface area contributed by atoms with Crippen LogP contribution < -0.4 is 0 Å². The minimum Gasteiger partial charge on any atom is -0.387 e. The van der Waals surface area contributed by atoms with E-state index in [0.717, 1.165) is 0 Å². The Bertz CT molecular complexity index is 249. The first-order chi connectivity index (χ1) is 6.38. The van der Waals surface area contributed by atoms with Crippen molar-refractivity contribution in [3.63, 3.8) is 0 Å². The molecular weight excluding hydrogens is 176 g/mol. The van der Waals surface area contributed by atoms with Crippen molar-refractivity contribution >= 4 is 0 Å². The van der Waals surface area contributed by atoms with E-state index >= 15 is 0 Å². The van der Waals surface area contributed by atoms with Gasteiger partial charge in [0.05, 0.1) is 17.1 Å². The number of aliphatic hydroxyl groups is 1. The van der Waals surface area contributed by atoms with Crippen LogP contribution in [0.3, 0.4) is 0 Å². The van der Waals surface area contributed by atoms with Gasteiger partial charge in [-0.2, -0.15) is 5.26 Å². The highest BCUT2D eigenvalue weighted by Gasteiger charge is 2.51. The van der Waals surface area contributed by atoms with Crippen LogP contribution in [-0.2, 0) is 0 Å². The third-order valence-corrected chi connectivity index (χ3v) is 3.88. The van der Waals surface area contributed by atoms with Crippen LogP contribution in [0.15, 0.2) is 0 Å². The maximum absolute atomic E-state index is 10.5. The lowest BCUT2D eigenvalue weighted by atomic mass is 9.71. The molecule has 80 valence electrons. The van der Waals surface area contributed by atoms with Crippen LogP contribution in [0.25, 0.3) is 0 Å². The molecule has 3 nitrogen and oxygen atoms in total. The van der Waals surface area contributed by atoms with Crippen LogP contribution in [0.1, 0.15) is 33.6 Å². The van der Waals surface area contributed by atoms with Crippen LogP contribution in [0.4, 0.5) is 0 Å². The van der Waals surface area contributed by atoms with Crippen LogP contribution in [0, 0.1) is 16.7 Å². The van der Waals surface area contributed by atoms with Crippen molar-refractivity contribution in [1.82, 2.24) is 4.90 Å². The third kappa shape index (κ3) is 1.53. The lowest BCUT2D eigenvalue weighted by Gasteiger charge is -2.36. The molecule has 3 heteroatoms. The van der Waals surface area contributed by atoms with Crippen LogP contribution in [-0.4, -0.2) is 35.2 Å². The average Bonchev–Trinajstić information content (AvgIpc) is 2.41. The zero-order valence-electron chi connectivity index (χ0n) is 9.54. The van der Waals surface area contributed by atoms with Gasteiger partial charge in [0.25, 0.3) is 0 Å². The molecule has 0 aromatic heterocycles. The first-order valence-electron chi connectivity index (χ1n) is 5.22. The topological polar surface area (TPSA) is 47.3 Å². The number of likely N-dealkylation sites (tertiary alicyclic amines) is 1. The highest BCUT2D eigenvalue weighted by atomic mass is 16.3. The third-order valence-electron chi connectivity index (χ3n) is 3.88. The second kappa shape index (κ2) is 3.52. The van der Waals surface area contributed by atoms with E-state index in [2.05, 4.69) is 17.9 Å². The molecule has 14 heavy (non-hydrogen) atoms. The fraction of sp³-hybridized carbons (Fsp3) is 0.909. The van der Waals surface area contributed by atoms with Gasteiger partial charge in [-0.15, -0.1) is 0 Å². The number of hydrogen-bond acceptors (Lipinski definition) is 3. The maximum Gasteiger partial charge on any atom is 0.0971 e. The van der Waals surface area contributed by atoms with Gasteiger partial charge >= 0.3 is 0 Å². The number of β-amino-alcohol motifs (C(OH)–C–C–N with tert-alkyl or cyclic N) is 1. The standard InChI is InChI=1S/C11H20N2O/c1-5-10(3,7-12)11(14)6-9(2)13(4)8-11/h9,14H,5-6,8H2,1-4H3. The minimum atomic E-state index is -0.843. The summed E-state index contributed by atoms with van der Waals surface area (Å²) < 4.78 is 0. The van der Waals surface area contributed by atoms with E-state index < -0.39 is 11.0 Å². The van der Waals surface area contributed by atoms with Crippen molar-refractivity contribution in [3.8, 4) is 6.07 Å². The molecule has 1 aliphatic rings. The Balaban J connectivity index is 2.93. The zero-order chi connectivity index (χ0) is 11.0. The van der Waals surface area contributed by atoms with Gasteiger partial charge in [0.2, 0.25) is 0 Å². The Labute approximate surface area is 86.3 Å². The van der Waals surface area contributed by atoms with E-state index in [4.69, 9.17) is 5.26 Å². The Morgan fingerprint density at radius 1 is 1.71 bits per heavy atom. The summed E-state index contributed by atoms with van der Waals surface area (Å²) in [5.74, 6) is 0. The van der Waals surface area contributed by atoms with Gasteiger partial charge in [0.1, 0.15) is 0 Å². The normalized spacial score (nSPS) is 37.9. The molecule has 0 saturated carbocycles. The van der Waals surface area contributed by atoms with Gasteiger partial charge in [-0.25, -0.2) is 0 Å². The molecule has 0 spiro atoms. The molecule has 3 unspecified atom stereocenters. The smallest absolute Gasteiger partial charge is 0.0971 e. The van der Waals surface area contributed by atoms with Crippen molar-refractivity contribution in [1.29, 1.82) is 5.26 Å². The molecule has 1 fully saturated rings. The molecule has 0 amide bonds. The van der Waals surface area contributed by atoms with Crippen molar-refractivity contribution in [3.05, 3.63) is 0 Å². The van der Waals surface area contributed by atoms with Crippen molar-refractivity contribution < 1.29 is 5.11 Å². The molecule has 1 aliphatic heterocycles. The molecule has 0 aromatic carbocycles. The van der Waals surface area contributed by atoms with Gasteiger partial charge < -0.3 is 10.0 Å². The molecular formula is C11H20N2O. The first-order valence-corrected chi connectivity index (χ1v) is 5.22. The summed E-state index contributed by atoms with van der Waals surface area (Å²) in [6, 6.07) is 2.64. The van der Waals surface area contributed by atoms with Gasteiger partial charge in [-0.05, 0) is 33.7 Å². The molecule has 0 aliphatic carbocycles. The molecule has 0 radical (unpaired) electrons. The predicted octanol–water partition coefficient (Wildman–Crippen LogP) is 1.38. The van der Waals surface area contributed by atoms with Crippen LogP contribution in [0.2, 0.25) is 0 Å². The summed E-state index contributed by atoms with van der Waals surface area (Å²) in [5.41, 5.74) is -1.46. The highest BCUT2D eigenvalue weighted by Crippen LogP contribution is 2.42. The monoisotopic (exact) mass is 196 g/mol. The fourth-order valence-corrected chi connectivity index (χ4v) is 2.19. The quantitative estimate of drug-likeness (QED) is 0.726. The Morgan fingerprint density at radius 2 is 2.29 bits per heavy atom. The number of rotatable bonds is 2. The number of hydrogen-bond donors (Lipinski definition) is 1. The van der Waals surface area contributed by atoms with E-state index in [1.807, 2.05) is 20.9 Å². The Kier molecular flexibility index (Phi) is 2.89. The van der Waals surface area contributed by atoms with Gasteiger partial charge in [0.15, 0.2) is 0 Å². The highest BCUT2D eigenvalue weighted by molar-refractivity contribution is 5.13. The second-order valence-electron chi connectivity index (χ2n) is 4.80. The summed E-state index contributed by atoms with van der Waals surface area (Å²) in [7, 11) is 2.00. The summed E-state index contributed by atoms with van der Waals surface area (Å²) in [4.78, 5) is 2.12. The zero-order valence-corrected chi connectivity index (χ0v) is 9.54. The molecule has 1 heterocycles. The molecule has 0 bridgehead atoms. The van der Waals surface area contributed by atoms with Gasteiger partial charge in [-0.1, -0.05) is 6.92 Å². The number of nitriles is 1. The molecule has 0 aromatic rings. The van der Waals surface area contributed by atoms with E-state index in [1.165, 1.54) is 0 Å². The number of nitrogens with zero attached hydrogens (tertiary/aromatic N) is 2. The fourth-order valence-electron chi connectivity index (χ4n) is 2.19. The van der Waals surface area contributed by atoms with Crippen molar-refractivity contribution in [2.75, 3.05) is 13.6 Å². The summed E-state index contributed by atoms with van der Waals surface area (Å²) in [6.45, 7) is 6.51. The van der Waals surface area contributed by atoms with Crippen molar-refractivity contribution in [2.24, 2.45) is 5.41 Å². The Morgan fingerprint density at radius 3 is 2.57 bits per heavy atom. The van der Waals surface area contributed by atoms with E-state index in [-0.39, 0.29) is 0 Å². The lowest BCUT2D eigenvalue weighted by Crippen LogP contribution is -2.47.